The topological polar surface area (TPSA) is 76.7 Å². The molecule has 2 aromatic carbocycles. The molecule has 0 aromatic heterocycles. The van der Waals surface area contributed by atoms with Gasteiger partial charge < -0.3 is 20.1 Å². The van der Waals surface area contributed by atoms with Gasteiger partial charge in [0, 0.05) is 13.2 Å². The van der Waals surface area contributed by atoms with E-state index >= 15 is 0 Å². The van der Waals surface area contributed by atoms with Crippen molar-refractivity contribution >= 4 is 17.5 Å². The van der Waals surface area contributed by atoms with Crippen molar-refractivity contribution in [3.63, 3.8) is 0 Å². The lowest BCUT2D eigenvalue weighted by atomic mass is 10.1. The van der Waals surface area contributed by atoms with Crippen molar-refractivity contribution in [1.29, 1.82) is 0 Å². The van der Waals surface area contributed by atoms with Gasteiger partial charge in [-0.2, -0.15) is 0 Å². The molecule has 0 bridgehead atoms. The Hall–Kier alpha value is -2.86. The zero-order valence-electron chi connectivity index (χ0n) is 17.6. The monoisotopic (exact) mass is 410 g/mol. The second-order valence-electron chi connectivity index (χ2n) is 7.87. The minimum atomic E-state index is -0.311. The van der Waals surface area contributed by atoms with E-state index in [1.807, 2.05) is 6.07 Å². The molecule has 3 rings (SSSR count). The quantitative estimate of drug-likeness (QED) is 0.647. The van der Waals surface area contributed by atoms with Crippen LogP contribution < -0.4 is 15.4 Å². The van der Waals surface area contributed by atoms with Crippen LogP contribution >= 0.6 is 0 Å². The maximum absolute atomic E-state index is 12.9. The van der Waals surface area contributed by atoms with E-state index in [2.05, 4.69) is 24.5 Å². The van der Waals surface area contributed by atoms with E-state index in [0.717, 1.165) is 25.9 Å². The molecular weight excluding hydrogens is 380 g/mol. The molecule has 0 saturated carbocycles. The van der Waals surface area contributed by atoms with Crippen molar-refractivity contribution in [1.82, 2.24) is 5.32 Å². The summed E-state index contributed by atoms with van der Waals surface area (Å²) in [6, 6.07) is 14.1. The summed E-state index contributed by atoms with van der Waals surface area (Å²) in [6.45, 7) is 6.01. The first-order chi connectivity index (χ1) is 14.5. The fourth-order valence-electron chi connectivity index (χ4n) is 3.27. The Labute approximate surface area is 178 Å². The summed E-state index contributed by atoms with van der Waals surface area (Å²) in [6.07, 6.45) is 2.94. The maximum atomic E-state index is 12.9. The van der Waals surface area contributed by atoms with E-state index in [4.69, 9.17) is 9.47 Å². The van der Waals surface area contributed by atoms with Crippen LogP contribution in [0.5, 0.6) is 5.75 Å². The molecule has 2 aromatic rings. The first-order valence-corrected chi connectivity index (χ1v) is 10.6. The molecule has 30 heavy (non-hydrogen) atoms. The van der Waals surface area contributed by atoms with Crippen LogP contribution in [-0.4, -0.2) is 37.7 Å². The second-order valence-corrected chi connectivity index (χ2v) is 7.87. The first-order valence-electron chi connectivity index (χ1n) is 10.6. The highest BCUT2D eigenvalue weighted by Gasteiger charge is 2.19. The Morgan fingerprint density at radius 3 is 2.53 bits per heavy atom. The lowest BCUT2D eigenvalue weighted by molar-refractivity contribution is 0.0858. The third-order valence-electron chi connectivity index (χ3n) is 5.02. The van der Waals surface area contributed by atoms with Crippen LogP contribution in [0.15, 0.2) is 48.5 Å². The van der Waals surface area contributed by atoms with Crippen LogP contribution in [0.25, 0.3) is 0 Å². The van der Waals surface area contributed by atoms with Crippen molar-refractivity contribution < 1.29 is 19.1 Å². The molecule has 1 unspecified atom stereocenters. The van der Waals surface area contributed by atoms with Crippen LogP contribution in [0.1, 0.15) is 53.8 Å². The Bertz CT molecular complexity index is 860. The van der Waals surface area contributed by atoms with Crippen molar-refractivity contribution in [2.24, 2.45) is 5.92 Å². The van der Waals surface area contributed by atoms with Gasteiger partial charge in [-0.1, -0.05) is 38.1 Å². The molecule has 1 fully saturated rings. The minimum absolute atomic E-state index is 0.0607. The fourth-order valence-corrected chi connectivity index (χ4v) is 3.27. The lowest BCUT2D eigenvalue weighted by Crippen LogP contribution is -2.32. The van der Waals surface area contributed by atoms with Gasteiger partial charge >= 0.3 is 0 Å². The highest BCUT2D eigenvalue weighted by Crippen LogP contribution is 2.22. The van der Waals surface area contributed by atoms with Crippen LogP contribution in [0.4, 0.5) is 5.69 Å². The van der Waals surface area contributed by atoms with Crippen molar-refractivity contribution in [3.8, 4) is 5.75 Å². The van der Waals surface area contributed by atoms with Gasteiger partial charge in [-0.25, -0.2) is 0 Å². The van der Waals surface area contributed by atoms with E-state index in [1.165, 1.54) is 0 Å². The van der Waals surface area contributed by atoms with E-state index in [-0.39, 0.29) is 17.9 Å². The molecule has 1 heterocycles. The van der Waals surface area contributed by atoms with Crippen LogP contribution in [-0.2, 0) is 4.74 Å². The normalized spacial score (nSPS) is 15.8. The summed E-state index contributed by atoms with van der Waals surface area (Å²) in [4.78, 5) is 25.6. The number of carbonyl (C=O) groups is 2. The van der Waals surface area contributed by atoms with Crippen LogP contribution in [0.2, 0.25) is 0 Å². The summed E-state index contributed by atoms with van der Waals surface area (Å²) < 4.78 is 11.4. The van der Waals surface area contributed by atoms with Gasteiger partial charge in [0.25, 0.3) is 11.8 Å². The van der Waals surface area contributed by atoms with Gasteiger partial charge in [-0.05, 0) is 49.4 Å². The molecule has 1 aliphatic heterocycles. The van der Waals surface area contributed by atoms with Gasteiger partial charge in [-0.15, -0.1) is 0 Å². The zero-order chi connectivity index (χ0) is 21.3. The molecule has 1 aliphatic rings. The lowest BCUT2D eigenvalue weighted by Gasteiger charge is -2.15. The Balaban J connectivity index is 1.67. The molecule has 2 N–H and O–H groups in total. The van der Waals surface area contributed by atoms with Crippen LogP contribution in [0.3, 0.4) is 0 Å². The number of para-hydroxylation sites is 2. The number of hydrogen-bond acceptors (Lipinski definition) is 4. The van der Waals surface area contributed by atoms with Crippen molar-refractivity contribution in [2.75, 3.05) is 25.1 Å². The third-order valence-corrected chi connectivity index (χ3v) is 5.02. The molecular formula is C24H30N2O4. The van der Waals surface area contributed by atoms with E-state index in [1.54, 1.807) is 42.5 Å². The molecule has 1 atom stereocenters. The summed E-state index contributed by atoms with van der Waals surface area (Å²) in [5, 5.41) is 5.77. The fraction of sp³-hybridized carbons (Fsp3) is 0.417. The number of hydrogen-bond donors (Lipinski definition) is 2. The molecule has 0 spiro atoms. The molecule has 6 heteroatoms. The van der Waals surface area contributed by atoms with Crippen molar-refractivity contribution in [3.05, 3.63) is 59.7 Å². The molecule has 6 nitrogen and oxygen atoms in total. The third kappa shape index (κ3) is 6.07. The smallest absolute Gasteiger partial charge is 0.259 e. The second kappa shape index (κ2) is 10.8. The SMILES string of the molecule is CC(C)CCOc1ccccc1C(=O)Nc1ccccc1C(=O)NCC1CCCO1. The van der Waals surface area contributed by atoms with Gasteiger partial charge in [0.2, 0.25) is 0 Å². The average Bonchev–Trinajstić information content (AvgIpc) is 3.26. The van der Waals surface area contributed by atoms with E-state index in [0.29, 0.717) is 41.6 Å². The molecule has 160 valence electrons. The summed E-state index contributed by atoms with van der Waals surface area (Å²) in [5.41, 5.74) is 1.32. The maximum Gasteiger partial charge on any atom is 0.259 e. The number of carbonyl (C=O) groups excluding carboxylic acids is 2. The molecule has 0 aliphatic carbocycles. The number of anilines is 1. The summed E-state index contributed by atoms with van der Waals surface area (Å²) in [5.74, 6) is 0.513. The van der Waals surface area contributed by atoms with Crippen LogP contribution in [0, 0.1) is 5.92 Å². The van der Waals surface area contributed by atoms with Crippen molar-refractivity contribution in [2.45, 2.75) is 39.2 Å². The number of rotatable bonds is 9. The standard InChI is InChI=1S/C24H30N2O4/c1-17(2)13-15-30-22-12-6-4-10-20(22)24(28)26-21-11-5-3-9-19(21)23(27)25-16-18-8-7-14-29-18/h3-6,9-12,17-18H,7-8,13-16H2,1-2H3,(H,25,27)(H,26,28). The molecule has 2 amide bonds. The van der Waals surface area contributed by atoms with Gasteiger partial charge in [0.15, 0.2) is 0 Å². The highest BCUT2D eigenvalue weighted by atomic mass is 16.5. The number of ether oxygens (including phenoxy) is 2. The molecule has 1 saturated heterocycles. The predicted octanol–water partition coefficient (Wildman–Crippen LogP) is 4.27. The van der Waals surface area contributed by atoms with Gasteiger partial charge in [0.05, 0.1) is 29.5 Å². The summed E-state index contributed by atoms with van der Waals surface area (Å²) >= 11 is 0. The Morgan fingerprint density at radius 2 is 1.80 bits per heavy atom. The minimum Gasteiger partial charge on any atom is -0.493 e. The largest absolute Gasteiger partial charge is 0.493 e. The Kier molecular flexibility index (Phi) is 7.85. The zero-order valence-corrected chi connectivity index (χ0v) is 17.6. The van der Waals surface area contributed by atoms with Gasteiger partial charge in [-0.3, -0.25) is 9.59 Å². The highest BCUT2D eigenvalue weighted by molar-refractivity contribution is 6.10. The average molecular weight is 411 g/mol. The number of benzene rings is 2. The van der Waals surface area contributed by atoms with E-state index < -0.39 is 0 Å². The predicted molar refractivity (Wildman–Crippen MR) is 117 cm³/mol. The Morgan fingerprint density at radius 1 is 1.07 bits per heavy atom. The van der Waals surface area contributed by atoms with Gasteiger partial charge in [0.1, 0.15) is 5.75 Å². The molecule has 0 radical (unpaired) electrons. The number of nitrogens with one attached hydrogen (secondary N) is 2. The number of amides is 2. The summed E-state index contributed by atoms with van der Waals surface area (Å²) in [7, 11) is 0. The van der Waals surface area contributed by atoms with E-state index in [9.17, 15) is 9.59 Å². The first kappa shape index (κ1) is 21.8.